The van der Waals surface area contributed by atoms with Crippen molar-refractivity contribution in [1.29, 1.82) is 0 Å². The largest absolute Gasteiger partial charge is 0.483 e. The van der Waals surface area contributed by atoms with Gasteiger partial charge in [-0.15, -0.1) is 0 Å². The number of amides is 1. The molecule has 1 amide bonds. The number of carbonyl (C=O) groups is 1. The lowest BCUT2D eigenvalue weighted by Crippen LogP contribution is -2.57. The van der Waals surface area contributed by atoms with Gasteiger partial charge in [0.05, 0.1) is 0 Å². The Bertz CT molecular complexity index is 816. The first-order valence-corrected chi connectivity index (χ1v) is 10.5. The number of alkyl halides is 3. The van der Waals surface area contributed by atoms with E-state index in [0.29, 0.717) is 5.75 Å². The molecule has 1 aromatic rings. The maximum absolute atomic E-state index is 13.7. The lowest BCUT2D eigenvalue weighted by Gasteiger charge is -2.32. The molecule has 1 aliphatic heterocycles. The molecule has 1 aromatic carbocycles. The quantitative estimate of drug-likeness (QED) is 0.727. The standard InChI is InChI=1S/C22H29F3N2O3/c1-14(2)17-10-9-15(3)11-19(17)30-13-20(28)27-21(29,22(23,24)25)12-18(26-27)16-7-5-4-6-8-16/h9-11,14,16,29H,4-8,12-13H2,1-3H3. The second-order valence-electron chi connectivity index (χ2n) is 8.61. The summed E-state index contributed by atoms with van der Waals surface area (Å²) in [5, 5.41) is 14.6. The van der Waals surface area contributed by atoms with Crippen LogP contribution in [0.15, 0.2) is 23.3 Å². The van der Waals surface area contributed by atoms with E-state index in [-0.39, 0.29) is 22.6 Å². The van der Waals surface area contributed by atoms with Gasteiger partial charge < -0.3 is 9.84 Å². The van der Waals surface area contributed by atoms with Crippen molar-refractivity contribution in [3.05, 3.63) is 29.3 Å². The summed E-state index contributed by atoms with van der Waals surface area (Å²) >= 11 is 0. The topological polar surface area (TPSA) is 62.1 Å². The number of rotatable bonds is 5. The van der Waals surface area contributed by atoms with Crippen LogP contribution in [-0.4, -0.2) is 40.2 Å². The summed E-state index contributed by atoms with van der Waals surface area (Å²) in [4.78, 5) is 12.7. The fraction of sp³-hybridized carbons (Fsp3) is 0.636. The highest BCUT2D eigenvalue weighted by atomic mass is 19.4. The van der Waals surface area contributed by atoms with Crippen molar-refractivity contribution < 1.29 is 27.8 Å². The number of hydrazone groups is 1. The van der Waals surface area contributed by atoms with Gasteiger partial charge in [0, 0.05) is 12.1 Å². The fourth-order valence-corrected chi connectivity index (χ4v) is 4.16. The van der Waals surface area contributed by atoms with Crippen molar-refractivity contribution >= 4 is 11.6 Å². The Labute approximate surface area is 174 Å². The van der Waals surface area contributed by atoms with Gasteiger partial charge in [-0.3, -0.25) is 4.79 Å². The first-order chi connectivity index (χ1) is 14.0. The van der Waals surface area contributed by atoms with Gasteiger partial charge in [0.25, 0.3) is 11.6 Å². The third-order valence-corrected chi connectivity index (χ3v) is 5.92. The summed E-state index contributed by atoms with van der Waals surface area (Å²) in [5.41, 5.74) is -1.31. The van der Waals surface area contributed by atoms with Gasteiger partial charge in [-0.1, -0.05) is 45.2 Å². The Balaban J connectivity index is 1.81. The third kappa shape index (κ3) is 4.48. The molecule has 0 radical (unpaired) electrons. The van der Waals surface area contributed by atoms with E-state index in [0.717, 1.165) is 43.2 Å². The van der Waals surface area contributed by atoms with Gasteiger partial charge in [0.1, 0.15) is 5.75 Å². The molecule has 3 rings (SSSR count). The van der Waals surface area contributed by atoms with E-state index in [1.807, 2.05) is 32.9 Å². The minimum Gasteiger partial charge on any atom is -0.483 e. The number of ether oxygens (including phenoxy) is 1. The molecule has 1 fully saturated rings. The van der Waals surface area contributed by atoms with Gasteiger partial charge in [0.2, 0.25) is 0 Å². The van der Waals surface area contributed by atoms with Gasteiger partial charge in [0.15, 0.2) is 6.61 Å². The SMILES string of the molecule is Cc1ccc(C(C)C)c(OCC(=O)N2N=C(C3CCCCC3)CC2(O)C(F)(F)F)c1. The molecule has 5 nitrogen and oxygen atoms in total. The van der Waals surface area contributed by atoms with Crippen molar-refractivity contribution in [3.8, 4) is 5.75 Å². The molecule has 1 heterocycles. The van der Waals surface area contributed by atoms with Crippen LogP contribution in [0.3, 0.4) is 0 Å². The number of hydrogen-bond donors (Lipinski definition) is 1. The highest BCUT2D eigenvalue weighted by Crippen LogP contribution is 2.43. The molecule has 0 saturated heterocycles. The summed E-state index contributed by atoms with van der Waals surface area (Å²) in [5.74, 6) is -0.581. The van der Waals surface area contributed by atoms with E-state index in [9.17, 15) is 23.1 Å². The lowest BCUT2D eigenvalue weighted by molar-refractivity contribution is -0.302. The van der Waals surface area contributed by atoms with Crippen LogP contribution in [0.5, 0.6) is 5.75 Å². The zero-order chi connectivity index (χ0) is 22.1. The summed E-state index contributed by atoms with van der Waals surface area (Å²) in [6, 6.07) is 5.54. The Morgan fingerprint density at radius 3 is 2.57 bits per heavy atom. The molecule has 1 saturated carbocycles. The number of hydrogen-bond acceptors (Lipinski definition) is 4. The first-order valence-electron chi connectivity index (χ1n) is 10.5. The zero-order valence-corrected chi connectivity index (χ0v) is 17.6. The smallest absolute Gasteiger partial charge is 0.438 e. The average molecular weight is 426 g/mol. The van der Waals surface area contributed by atoms with Crippen molar-refractivity contribution in [2.45, 2.75) is 77.1 Å². The monoisotopic (exact) mass is 426 g/mol. The van der Waals surface area contributed by atoms with Gasteiger partial charge >= 0.3 is 6.18 Å². The van der Waals surface area contributed by atoms with Crippen molar-refractivity contribution in [2.75, 3.05) is 6.61 Å². The van der Waals surface area contributed by atoms with Crippen LogP contribution < -0.4 is 4.74 Å². The molecule has 1 unspecified atom stereocenters. The lowest BCUT2D eigenvalue weighted by atomic mass is 9.83. The molecule has 0 aromatic heterocycles. The molecule has 2 aliphatic rings. The van der Waals surface area contributed by atoms with Crippen LogP contribution >= 0.6 is 0 Å². The molecule has 1 aliphatic carbocycles. The van der Waals surface area contributed by atoms with Crippen molar-refractivity contribution in [3.63, 3.8) is 0 Å². The molecule has 30 heavy (non-hydrogen) atoms. The Morgan fingerprint density at radius 2 is 1.97 bits per heavy atom. The van der Waals surface area contributed by atoms with E-state index < -0.39 is 30.8 Å². The molecular weight excluding hydrogens is 397 g/mol. The number of aliphatic hydroxyl groups is 1. The predicted molar refractivity (Wildman–Crippen MR) is 107 cm³/mol. The summed E-state index contributed by atoms with van der Waals surface area (Å²) < 4.78 is 46.8. The van der Waals surface area contributed by atoms with Gasteiger partial charge in [-0.05, 0) is 48.8 Å². The molecular formula is C22H29F3N2O3. The van der Waals surface area contributed by atoms with Crippen LogP contribution in [0.2, 0.25) is 0 Å². The van der Waals surface area contributed by atoms with Crippen LogP contribution in [0.25, 0.3) is 0 Å². The second kappa shape index (κ2) is 8.57. The number of halogens is 3. The van der Waals surface area contributed by atoms with E-state index in [4.69, 9.17) is 4.74 Å². The van der Waals surface area contributed by atoms with Crippen molar-refractivity contribution in [2.24, 2.45) is 11.0 Å². The summed E-state index contributed by atoms with van der Waals surface area (Å²) in [6.07, 6.45) is -1.40. The molecule has 8 heteroatoms. The number of carbonyl (C=O) groups excluding carboxylic acids is 1. The minimum atomic E-state index is -5.02. The normalized spacial score (nSPS) is 23.1. The first kappa shape index (κ1) is 22.6. The highest BCUT2D eigenvalue weighted by molar-refractivity contribution is 5.92. The summed E-state index contributed by atoms with van der Waals surface area (Å²) in [6.45, 7) is 5.15. The molecule has 1 N–H and O–H groups in total. The third-order valence-electron chi connectivity index (χ3n) is 5.92. The van der Waals surface area contributed by atoms with Gasteiger partial charge in [-0.2, -0.15) is 23.3 Å². The maximum Gasteiger partial charge on any atom is 0.438 e. The van der Waals surface area contributed by atoms with Crippen LogP contribution in [0.4, 0.5) is 13.2 Å². The Hall–Kier alpha value is -2.09. The van der Waals surface area contributed by atoms with E-state index in [1.165, 1.54) is 0 Å². The average Bonchev–Trinajstić information content (AvgIpc) is 3.05. The van der Waals surface area contributed by atoms with Crippen LogP contribution in [0, 0.1) is 12.8 Å². The predicted octanol–water partition coefficient (Wildman–Crippen LogP) is 4.92. The molecule has 0 bridgehead atoms. The van der Waals surface area contributed by atoms with E-state index >= 15 is 0 Å². The Kier molecular flexibility index (Phi) is 6.45. The molecule has 166 valence electrons. The number of benzene rings is 1. The van der Waals surface area contributed by atoms with Crippen LogP contribution in [0.1, 0.15) is 69.4 Å². The summed E-state index contributed by atoms with van der Waals surface area (Å²) in [7, 11) is 0. The zero-order valence-electron chi connectivity index (χ0n) is 17.6. The fourth-order valence-electron chi connectivity index (χ4n) is 4.16. The molecule has 1 atom stereocenters. The van der Waals surface area contributed by atoms with E-state index in [2.05, 4.69) is 5.10 Å². The van der Waals surface area contributed by atoms with E-state index in [1.54, 1.807) is 6.07 Å². The maximum atomic E-state index is 13.7. The van der Waals surface area contributed by atoms with Gasteiger partial charge in [-0.25, -0.2) is 0 Å². The minimum absolute atomic E-state index is 0.116. The number of aryl methyl sites for hydroxylation is 1. The second-order valence-corrected chi connectivity index (χ2v) is 8.61. The van der Waals surface area contributed by atoms with Crippen molar-refractivity contribution in [1.82, 2.24) is 5.01 Å². The molecule has 0 spiro atoms. The van der Waals surface area contributed by atoms with Crippen LogP contribution in [-0.2, 0) is 4.79 Å². The highest BCUT2D eigenvalue weighted by Gasteiger charge is 2.63. The Morgan fingerprint density at radius 1 is 1.30 bits per heavy atom. The number of nitrogens with zero attached hydrogens (tertiary/aromatic N) is 2.